The first-order chi connectivity index (χ1) is 8.72. The van der Waals surface area contributed by atoms with Crippen LogP contribution in [0.4, 0.5) is 0 Å². The molecule has 0 unspecified atom stereocenters. The van der Waals surface area contributed by atoms with E-state index in [1.54, 1.807) is 0 Å². The van der Waals surface area contributed by atoms with Crippen molar-refractivity contribution in [2.24, 2.45) is 0 Å². The molecule has 2 atom stereocenters. The molecule has 2 aromatic carbocycles. The van der Waals surface area contributed by atoms with Crippen LogP contribution in [0.25, 0.3) is 0 Å². The second-order valence-electron chi connectivity index (χ2n) is 5.05. The van der Waals surface area contributed by atoms with Gasteiger partial charge in [0.2, 0.25) is 0 Å². The van der Waals surface area contributed by atoms with Gasteiger partial charge in [-0.05, 0) is 17.9 Å². The van der Waals surface area contributed by atoms with Crippen molar-refractivity contribution in [1.82, 2.24) is 0 Å². The molecule has 0 N–H and O–H groups in total. The molecule has 1 aliphatic heterocycles. The second-order valence-corrected chi connectivity index (χ2v) is 7.97. The maximum Gasteiger partial charge on any atom is 0.143 e. The Morgan fingerprint density at radius 2 is 1.67 bits per heavy atom. The van der Waals surface area contributed by atoms with E-state index < -0.39 is 7.14 Å². The summed E-state index contributed by atoms with van der Waals surface area (Å²) >= 11 is 0. The number of benzene rings is 2. The first kappa shape index (κ1) is 11.7. The molecule has 0 saturated carbocycles. The van der Waals surface area contributed by atoms with Gasteiger partial charge in [0.15, 0.2) is 0 Å². The van der Waals surface area contributed by atoms with Crippen LogP contribution >= 0.6 is 7.14 Å². The molecule has 2 heteroatoms. The lowest BCUT2D eigenvalue weighted by Crippen LogP contribution is -2.27. The van der Waals surface area contributed by atoms with Gasteiger partial charge in [0.1, 0.15) is 7.14 Å². The number of hydrogen-bond acceptors (Lipinski definition) is 1. The van der Waals surface area contributed by atoms with Gasteiger partial charge in [-0.25, -0.2) is 0 Å². The SMILES string of the molecule is C[C@H]1CC[P@](=O)(c2ccccc2)c2ccccc21. The molecule has 0 aliphatic carbocycles. The normalized spacial score (nSPS) is 26.6. The van der Waals surface area contributed by atoms with Crippen molar-refractivity contribution in [3.8, 4) is 0 Å². The Morgan fingerprint density at radius 3 is 2.44 bits per heavy atom. The van der Waals surface area contributed by atoms with Crippen LogP contribution in [0.15, 0.2) is 54.6 Å². The van der Waals surface area contributed by atoms with Gasteiger partial charge in [0.05, 0.1) is 0 Å². The third kappa shape index (κ3) is 1.74. The van der Waals surface area contributed by atoms with E-state index in [-0.39, 0.29) is 0 Å². The first-order valence-corrected chi connectivity index (χ1v) is 8.35. The zero-order valence-corrected chi connectivity index (χ0v) is 11.4. The summed E-state index contributed by atoms with van der Waals surface area (Å²) in [6, 6.07) is 18.2. The van der Waals surface area contributed by atoms with Gasteiger partial charge >= 0.3 is 0 Å². The van der Waals surface area contributed by atoms with E-state index in [1.165, 1.54) is 5.56 Å². The summed E-state index contributed by atoms with van der Waals surface area (Å²) in [6.45, 7) is 2.23. The molecule has 0 radical (unpaired) electrons. The molecule has 1 aliphatic rings. The van der Waals surface area contributed by atoms with Crippen molar-refractivity contribution in [2.75, 3.05) is 6.16 Å². The topological polar surface area (TPSA) is 17.1 Å². The predicted molar refractivity (Wildman–Crippen MR) is 77.7 cm³/mol. The standard InChI is InChI=1S/C16H17OP/c1-13-11-12-18(17,14-7-3-2-4-8-14)16-10-6-5-9-15(13)16/h2-10,13H,11-12H2,1H3/t13-,18-/m0/s1. The summed E-state index contributed by atoms with van der Waals surface area (Å²) in [4.78, 5) is 0. The zero-order chi connectivity index (χ0) is 12.6. The molecule has 92 valence electrons. The van der Waals surface area contributed by atoms with Crippen LogP contribution in [0.2, 0.25) is 0 Å². The minimum absolute atomic E-state index is 0.520. The molecule has 1 heterocycles. The molecule has 1 nitrogen and oxygen atoms in total. The van der Waals surface area contributed by atoms with Gasteiger partial charge in [-0.15, -0.1) is 0 Å². The van der Waals surface area contributed by atoms with Crippen LogP contribution in [-0.4, -0.2) is 6.16 Å². The Labute approximate surface area is 108 Å². The zero-order valence-electron chi connectivity index (χ0n) is 10.5. The van der Waals surface area contributed by atoms with E-state index in [9.17, 15) is 4.57 Å². The highest BCUT2D eigenvalue weighted by atomic mass is 31.2. The Kier molecular flexibility index (Phi) is 2.87. The summed E-state index contributed by atoms with van der Waals surface area (Å²) in [5.41, 5.74) is 1.27. The maximum atomic E-state index is 13.4. The van der Waals surface area contributed by atoms with Gasteiger partial charge in [-0.3, -0.25) is 0 Å². The molecule has 0 fully saturated rings. The van der Waals surface area contributed by atoms with E-state index in [4.69, 9.17) is 0 Å². The summed E-state index contributed by atoms with van der Waals surface area (Å²) in [5.74, 6) is 0.520. The van der Waals surface area contributed by atoms with Crippen molar-refractivity contribution in [1.29, 1.82) is 0 Å². The van der Waals surface area contributed by atoms with Crippen LogP contribution < -0.4 is 10.6 Å². The second kappa shape index (κ2) is 4.40. The van der Waals surface area contributed by atoms with Gasteiger partial charge in [-0.1, -0.05) is 61.5 Å². The average molecular weight is 256 g/mol. The summed E-state index contributed by atoms with van der Waals surface area (Å²) in [5, 5.41) is 2.08. The van der Waals surface area contributed by atoms with Crippen molar-refractivity contribution in [2.45, 2.75) is 19.3 Å². The van der Waals surface area contributed by atoms with Gasteiger partial charge < -0.3 is 4.57 Å². The van der Waals surface area contributed by atoms with E-state index in [2.05, 4.69) is 25.1 Å². The molecule has 0 aromatic heterocycles. The molecule has 0 amide bonds. The molecule has 2 aromatic rings. The molecule has 3 rings (SSSR count). The van der Waals surface area contributed by atoms with Crippen molar-refractivity contribution < 1.29 is 4.57 Å². The van der Waals surface area contributed by atoms with Crippen LogP contribution in [0, 0.1) is 0 Å². The smallest absolute Gasteiger partial charge is 0.143 e. The molecule has 0 spiro atoms. The Bertz CT molecular complexity index is 604. The number of hydrogen-bond donors (Lipinski definition) is 0. The highest BCUT2D eigenvalue weighted by Crippen LogP contribution is 2.50. The Balaban J connectivity index is 2.21. The van der Waals surface area contributed by atoms with Gasteiger partial charge in [-0.2, -0.15) is 0 Å². The third-order valence-corrected chi connectivity index (χ3v) is 7.11. The molecule has 18 heavy (non-hydrogen) atoms. The lowest BCUT2D eigenvalue weighted by Gasteiger charge is -2.30. The van der Waals surface area contributed by atoms with Crippen LogP contribution in [0.1, 0.15) is 24.8 Å². The molecular weight excluding hydrogens is 239 g/mol. The van der Waals surface area contributed by atoms with Crippen LogP contribution in [-0.2, 0) is 4.57 Å². The summed E-state index contributed by atoms with van der Waals surface area (Å²) in [7, 11) is -2.39. The minimum Gasteiger partial charge on any atom is -0.314 e. The number of fused-ring (bicyclic) bond motifs is 1. The van der Waals surface area contributed by atoms with Crippen molar-refractivity contribution in [3.05, 3.63) is 60.2 Å². The van der Waals surface area contributed by atoms with Crippen LogP contribution in [0.5, 0.6) is 0 Å². The number of rotatable bonds is 1. The predicted octanol–water partition coefficient (Wildman–Crippen LogP) is 3.51. The first-order valence-electron chi connectivity index (χ1n) is 6.46. The molecular formula is C16H17OP. The van der Waals surface area contributed by atoms with E-state index in [0.29, 0.717) is 5.92 Å². The third-order valence-electron chi connectivity index (χ3n) is 3.91. The monoisotopic (exact) mass is 256 g/mol. The van der Waals surface area contributed by atoms with Gasteiger partial charge in [0, 0.05) is 16.8 Å². The minimum atomic E-state index is -2.39. The quantitative estimate of drug-likeness (QED) is 0.714. The van der Waals surface area contributed by atoms with E-state index in [0.717, 1.165) is 23.2 Å². The van der Waals surface area contributed by atoms with Crippen LogP contribution in [0.3, 0.4) is 0 Å². The highest BCUT2D eigenvalue weighted by molar-refractivity contribution is 7.78. The fourth-order valence-corrected chi connectivity index (χ4v) is 6.04. The fourth-order valence-electron chi connectivity index (χ4n) is 2.82. The lowest BCUT2D eigenvalue weighted by atomic mass is 9.98. The summed E-state index contributed by atoms with van der Waals surface area (Å²) < 4.78 is 13.4. The lowest BCUT2D eigenvalue weighted by molar-refractivity contribution is 0.578. The van der Waals surface area contributed by atoms with Crippen molar-refractivity contribution >= 4 is 17.8 Å². The molecule has 0 saturated heterocycles. The van der Waals surface area contributed by atoms with Crippen molar-refractivity contribution in [3.63, 3.8) is 0 Å². The summed E-state index contributed by atoms with van der Waals surface area (Å²) in [6.07, 6.45) is 1.82. The highest BCUT2D eigenvalue weighted by Gasteiger charge is 2.34. The van der Waals surface area contributed by atoms with E-state index >= 15 is 0 Å². The maximum absolute atomic E-state index is 13.4. The van der Waals surface area contributed by atoms with Gasteiger partial charge in [0.25, 0.3) is 0 Å². The Hall–Kier alpha value is -1.33. The van der Waals surface area contributed by atoms with E-state index in [1.807, 2.05) is 36.4 Å². The Morgan fingerprint density at radius 1 is 1.00 bits per heavy atom. The largest absolute Gasteiger partial charge is 0.314 e. The molecule has 0 bridgehead atoms. The fraction of sp³-hybridized carbons (Fsp3) is 0.250. The average Bonchev–Trinajstić information content (AvgIpc) is 2.44.